The molecular weight excluding hydrogens is 383 g/mol. The standard InChI is InChI=1S/C17H18Cl2N2O3S/c1-21(25(2,23)24)13-6-3-5-12(11-13)20-17(22)10-9-14-15(18)7-4-8-16(14)19/h3-8,11H,9-10H2,1-2H3,(H,20,22). The summed E-state index contributed by atoms with van der Waals surface area (Å²) in [6, 6.07) is 11.8. The van der Waals surface area contributed by atoms with Gasteiger partial charge in [0.25, 0.3) is 0 Å². The molecule has 25 heavy (non-hydrogen) atoms. The molecule has 0 fully saturated rings. The summed E-state index contributed by atoms with van der Waals surface area (Å²) >= 11 is 12.2. The van der Waals surface area contributed by atoms with Gasteiger partial charge in [0.1, 0.15) is 0 Å². The van der Waals surface area contributed by atoms with Crippen LogP contribution in [0.2, 0.25) is 10.0 Å². The maximum atomic E-state index is 12.2. The van der Waals surface area contributed by atoms with Crippen LogP contribution in [-0.2, 0) is 21.2 Å². The van der Waals surface area contributed by atoms with Crippen molar-refractivity contribution in [2.45, 2.75) is 12.8 Å². The molecule has 0 unspecified atom stereocenters. The number of halogens is 2. The summed E-state index contributed by atoms with van der Waals surface area (Å²) in [5.74, 6) is -0.213. The van der Waals surface area contributed by atoms with Gasteiger partial charge in [-0.05, 0) is 42.3 Å². The minimum Gasteiger partial charge on any atom is -0.326 e. The van der Waals surface area contributed by atoms with E-state index in [2.05, 4.69) is 5.32 Å². The number of carbonyl (C=O) groups excluding carboxylic acids is 1. The van der Waals surface area contributed by atoms with E-state index in [9.17, 15) is 13.2 Å². The van der Waals surface area contributed by atoms with Crippen LogP contribution in [0.1, 0.15) is 12.0 Å². The molecule has 1 amide bonds. The van der Waals surface area contributed by atoms with Crippen LogP contribution < -0.4 is 9.62 Å². The summed E-state index contributed by atoms with van der Waals surface area (Å²) in [5.41, 5.74) is 1.71. The van der Waals surface area contributed by atoms with Gasteiger partial charge in [-0.2, -0.15) is 0 Å². The zero-order valence-electron chi connectivity index (χ0n) is 13.8. The lowest BCUT2D eigenvalue weighted by molar-refractivity contribution is -0.116. The predicted molar refractivity (Wildman–Crippen MR) is 103 cm³/mol. The van der Waals surface area contributed by atoms with Crippen molar-refractivity contribution in [3.05, 3.63) is 58.1 Å². The SMILES string of the molecule is CN(c1cccc(NC(=O)CCc2c(Cl)cccc2Cl)c1)S(C)(=O)=O. The van der Waals surface area contributed by atoms with Crippen LogP contribution in [0.15, 0.2) is 42.5 Å². The fourth-order valence-corrected chi connectivity index (χ4v) is 3.29. The highest BCUT2D eigenvalue weighted by atomic mass is 35.5. The van der Waals surface area contributed by atoms with Crippen molar-refractivity contribution in [2.75, 3.05) is 22.9 Å². The van der Waals surface area contributed by atoms with E-state index in [1.807, 2.05) is 0 Å². The number of anilines is 2. The zero-order chi connectivity index (χ0) is 18.6. The highest BCUT2D eigenvalue weighted by Crippen LogP contribution is 2.26. The minimum absolute atomic E-state index is 0.204. The smallest absolute Gasteiger partial charge is 0.231 e. The summed E-state index contributed by atoms with van der Waals surface area (Å²) in [5, 5.41) is 3.80. The van der Waals surface area contributed by atoms with Crippen molar-refractivity contribution in [3.63, 3.8) is 0 Å². The van der Waals surface area contributed by atoms with E-state index < -0.39 is 10.0 Å². The first-order valence-electron chi connectivity index (χ1n) is 7.45. The number of rotatable bonds is 6. The third-order valence-electron chi connectivity index (χ3n) is 3.65. The number of carbonyl (C=O) groups is 1. The molecule has 2 aromatic carbocycles. The second-order valence-electron chi connectivity index (χ2n) is 5.53. The van der Waals surface area contributed by atoms with Crippen LogP contribution in [0.25, 0.3) is 0 Å². The van der Waals surface area contributed by atoms with Gasteiger partial charge in [0.15, 0.2) is 0 Å². The quantitative estimate of drug-likeness (QED) is 0.797. The van der Waals surface area contributed by atoms with E-state index in [4.69, 9.17) is 23.2 Å². The van der Waals surface area contributed by atoms with Gasteiger partial charge in [0.2, 0.25) is 15.9 Å². The minimum atomic E-state index is -3.37. The zero-order valence-corrected chi connectivity index (χ0v) is 16.1. The number of hydrogen-bond donors (Lipinski definition) is 1. The van der Waals surface area contributed by atoms with Crippen molar-refractivity contribution in [1.82, 2.24) is 0 Å². The molecule has 0 radical (unpaired) electrons. The number of benzene rings is 2. The van der Waals surface area contributed by atoms with Gasteiger partial charge in [-0.3, -0.25) is 9.10 Å². The van der Waals surface area contributed by atoms with E-state index in [1.54, 1.807) is 42.5 Å². The first-order chi connectivity index (χ1) is 11.7. The first kappa shape index (κ1) is 19.6. The number of sulfonamides is 1. The van der Waals surface area contributed by atoms with Crippen molar-refractivity contribution >= 4 is 50.5 Å². The van der Waals surface area contributed by atoms with Gasteiger partial charge >= 0.3 is 0 Å². The Hall–Kier alpha value is -1.76. The molecule has 134 valence electrons. The second kappa shape index (κ2) is 8.08. The van der Waals surface area contributed by atoms with Crippen molar-refractivity contribution in [1.29, 1.82) is 0 Å². The average molecular weight is 401 g/mol. The summed E-state index contributed by atoms with van der Waals surface area (Å²) < 4.78 is 24.3. The van der Waals surface area contributed by atoms with E-state index in [0.29, 0.717) is 27.8 Å². The molecule has 0 aliphatic rings. The van der Waals surface area contributed by atoms with Gasteiger partial charge in [0.05, 0.1) is 11.9 Å². The molecule has 0 saturated heterocycles. The lowest BCUT2D eigenvalue weighted by atomic mass is 10.1. The molecule has 2 aromatic rings. The van der Waals surface area contributed by atoms with Crippen molar-refractivity contribution in [2.24, 2.45) is 0 Å². The molecule has 0 atom stereocenters. The molecule has 0 aromatic heterocycles. The summed E-state index contributed by atoms with van der Waals surface area (Å²) in [7, 11) is -1.91. The van der Waals surface area contributed by atoms with Crippen LogP contribution in [0.5, 0.6) is 0 Å². The Kier molecular flexibility index (Phi) is 6.32. The monoisotopic (exact) mass is 400 g/mol. The maximum Gasteiger partial charge on any atom is 0.231 e. The molecule has 5 nitrogen and oxygen atoms in total. The Labute approximate surface area is 157 Å². The first-order valence-corrected chi connectivity index (χ1v) is 10.1. The second-order valence-corrected chi connectivity index (χ2v) is 8.36. The Balaban J connectivity index is 2.04. The highest BCUT2D eigenvalue weighted by Gasteiger charge is 2.13. The van der Waals surface area contributed by atoms with Crippen molar-refractivity contribution < 1.29 is 13.2 Å². The number of nitrogens with zero attached hydrogens (tertiary/aromatic N) is 1. The molecule has 0 aliphatic heterocycles. The van der Waals surface area contributed by atoms with E-state index in [-0.39, 0.29) is 12.3 Å². The lowest BCUT2D eigenvalue weighted by Crippen LogP contribution is -2.24. The van der Waals surface area contributed by atoms with Gasteiger partial charge in [-0.15, -0.1) is 0 Å². The van der Waals surface area contributed by atoms with E-state index >= 15 is 0 Å². The number of nitrogens with one attached hydrogen (secondary N) is 1. The van der Waals surface area contributed by atoms with Gasteiger partial charge in [0, 0.05) is 29.2 Å². The highest BCUT2D eigenvalue weighted by molar-refractivity contribution is 7.92. The summed E-state index contributed by atoms with van der Waals surface area (Å²) in [4.78, 5) is 12.2. The Morgan fingerprint density at radius 2 is 1.72 bits per heavy atom. The largest absolute Gasteiger partial charge is 0.326 e. The molecule has 0 bridgehead atoms. The van der Waals surface area contributed by atoms with Crippen LogP contribution in [0.4, 0.5) is 11.4 Å². The number of amides is 1. The van der Waals surface area contributed by atoms with Gasteiger partial charge in [-0.25, -0.2) is 8.42 Å². The molecule has 8 heteroatoms. The van der Waals surface area contributed by atoms with Crippen molar-refractivity contribution in [3.8, 4) is 0 Å². The van der Waals surface area contributed by atoms with Gasteiger partial charge in [-0.1, -0.05) is 35.3 Å². The lowest BCUT2D eigenvalue weighted by Gasteiger charge is -2.17. The van der Waals surface area contributed by atoms with Crippen LogP contribution in [0.3, 0.4) is 0 Å². The summed E-state index contributed by atoms with van der Waals surface area (Å²) in [6.45, 7) is 0. The van der Waals surface area contributed by atoms with Crippen LogP contribution in [-0.4, -0.2) is 27.6 Å². The van der Waals surface area contributed by atoms with E-state index in [1.165, 1.54) is 7.05 Å². The fraction of sp³-hybridized carbons (Fsp3) is 0.235. The molecule has 1 N–H and O–H groups in total. The number of hydrogen-bond acceptors (Lipinski definition) is 3. The molecule has 2 rings (SSSR count). The third kappa shape index (κ3) is 5.36. The molecular formula is C17H18Cl2N2O3S. The molecule has 0 heterocycles. The fourth-order valence-electron chi connectivity index (χ4n) is 2.20. The van der Waals surface area contributed by atoms with Crippen LogP contribution in [0, 0.1) is 0 Å². The molecule has 0 spiro atoms. The molecule has 0 saturated carbocycles. The molecule has 0 aliphatic carbocycles. The average Bonchev–Trinajstić information content (AvgIpc) is 2.53. The normalized spacial score (nSPS) is 11.2. The van der Waals surface area contributed by atoms with E-state index in [0.717, 1.165) is 16.1 Å². The third-order valence-corrected chi connectivity index (χ3v) is 5.57. The Morgan fingerprint density at radius 3 is 2.32 bits per heavy atom. The van der Waals surface area contributed by atoms with Crippen LogP contribution >= 0.6 is 23.2 Å². The Bertz CT molecular complexity index is 865. The van der Waals surface area contributed by atoms with Gasteiger partial charge < -0.3 is 5.32 Å². The Morgan fingerprint density at radius 1 is 1.12 bits per heavy atom. The maximum absolute atomic E-state index is 12.2. The topological polar surface area (TPSA) is 66.5 Å². The predicted octanol–water partition coefficient (Wildman–Crippen LogP) is 3.96. The summed E-state index contributed by atoms with van der Waals surface area (Å²) in [6.07, 6.45) is 1.73.